The van der Waals surface area contributed by atoms with Crippen LogP contribution in [0.1, 0.15) is 82.8 Å². The number of primary amides is 3. The van der Waals surface area contributed by atoms with Gasteiger partial charge in [-0.15, -0.1) is 0 Å². The van der Waals surface area contributed by atoms with Gasteiger partial charge in [-0.1, -0.05) is 66.1 Å². The summed E-state index contributed by atoms with van der Waals surface area (Å²) < 4.78 is 0. The first-order valence-corrected chi connectivity index (χ1v) is 28.1. The Morgan fingerprint density at radius 2 is 1.42 bits per heavy atom. The molecule has 27 nitrogen and oxygen atoms in total. The number of guanidine groups is 1. The molecule has 0 aromatic heterocycles. The summed E-state index contributed by atoms with van der Waals surface area (Å²) in [7, 11) is 2.19. The third-order valence-electron chi connectivity index (χ3n) is 13.0. The first-order valence-electron chi connectivity index (χ1n) is 25.7. The van der Waals surface area contributed by atoms with Crippen molar-refractivity contribution in [2.45, 2.75) is 133 Å². The van der Waals surface area contributed by atoms with Crippen LogP contribution in [0.25, 0.3) is 0 Å². The number of carbonyl (C=O) groups excluding carboxylic acids is 11. The predicted molar refractivity (Wildman–Crippen MR) is 295 cm³/mol. The van der Waals surface area contributed by atoms with Gasteiger partial charge in [0, 0.05) is 56.0 Å². The van der Waals surface area contributed by atoms with Crippen molar-refractivity contribution in [1.29, 1.82) is 0 Å². The molecular weight excluding hydrogens is 1070 g/mol. The molecule has 2 fully saturated rings. The highest BCUT2D eigenvalue weighted by Crippen LogP contribution is 2.26. The Labute approximate surface area is 464 Å². The molecule has 4 rings (SSSR count). The minimum Gasteiger partial charge on any atom is -0.508 e. The number of nitrogens with zero attached hydrogens (tertiary/aromatic N) is 2. The van der Waals surface area contributed by atoms with Gasteiger partial charge < -0.3 is 81.6 Å². The average molecular weight is 1140 g/mol. The van der Waals surface area contributed by atoms with Gasteiger partial charge in [0.2, 0.25) is 65.0 Å². The maximum absolute atomic E-state index is 14.7. The van der Waals surface area contributed by atoms with Crippen molar-refractivity contribution in [2.75, 3.05) is 30.3 Å². The average Bonchev–Trinajstić information content (AvgIpc) is 3.91. The molecule has 2 aromatic rings. The normalized spacial score (nSPS) is 21.9. The van der Waals surface area contributed by atoms with E-state index in [9.17, 15) is 57.8 Å². The SMILES string of the molecule is CC[C@H](C)[C@@H]1NC(=O)[C@H](Cc2ccc(O)cc2)NC(=O)CCSSC[C@@H](C(=O)N2CCC[C@H]2C(=O)N[C@@H](CCCN=C(N)N)C(=O)N[C@@H](Cc2ccc(N)cc2)C(N)=O)NC(=O)[C@H](CC(N)=O)NC(=O)C(CCC(N)=O)NC1=O. The van der Waals surface area contributed by atoms with E-state index < -0.39 is 138 Å². The van der Waals surface area contributed by atoms with Crippen molar-refractivity contribution in [3.8, 4) is 5.75 Å². The molecule has 0 radical (unpaired) electrons. The van der Waals surface area contributed by atoms with Crippen molar-refractivity contribution in [1.82, 2.24) is 42.1 Å². The zero-order valence-electron chi connectivity index (χ0n) is 44.0. The number of hydrogen-bond donors (Lipinski definition) is 14. The number of nitrogens with one attached hydrogen (secondary N) is 7. The van der Waals surface area contributed by atoms with Gasteiger partial charge in [0.15, 0.2) is 5.96 Å². The van der Waals surface area contributed by atoms with Gasteiger partial charge in [-0.3, -0.25) is 57.7 Å². The first-order chi connectivity index (χ1) is 37.4. The molecule has 20 N–H and O–H groups in total. The lowest BCUT2D eigenvalue weighted by atomic mass is 9.96. The summed E-state index contributed by atoms with van der Waals surface area (Å²) >= 11 is 0. The fourth-order valence-electron chi connectivity index (χ4n) is 8.48. The van der Waals surface area contributed by atoms with Crippen molar-refractivity contribution < 1.29 is 57.8 Å². The fourth-order valence-corrected chi connectivity index (χ4v) is 10.6. The Bertz CT molecular complexity index is 2540. The van der Waals surface area contributed by atoms with E-state index in [1.807, 2.05) is 0 Å². The summed E-state index contributed by atoms with van der Waals surface area (Å²) in [6.45, 7) is 3.49. The molecule has 2 aliphatic heterocycles. The van der Waals surface area contributed by atoms with Gasteiger partial charge in [-0.05, 0) is 73.4 Å². The highest BCUT2D eigenvalue weighted by atomic mass is 33.1. The lowest BCUT2D eigenvalue weighted by molar-refractivity contribution is -0.142. The number of hydrogen-bond acceptors (Lipinski definition) is 16. The van der Waals surface area contributed by atoms with Crippen LogP contribution in [0.5, 0.6) is 5.75 Å². The number of aliphatic imine (C=N–C) groups is 1. The third-order valence-corrected chi connectivity index (χ3v) is 15.4. The van der Waals surface area contributed by atoms with E-state index in [2.05, 4.69) is 42.2 Å². The van der Waals surface area contributed by atoms with Crippen molar-refractivity contribution in [3.05, 3.63) is 59.7 Å². The monoisotopic (exact) mass is 1140 g/mol. The minimum absolute atomic E-state index is 0.00593. The molecule has 2 aliphatic rings. The van der Waals surface area contributed by atoms with E-state index in [0.717, 1.165) is 21.6 Å². The molecule has 79 heavy (non-hydrogen) atoms. The highest BCUT2D eigenvalue weighted by molar-refractivity contribution is 8.76. The van der Waals surface area contributed by atoms with E-state index in [-0.39, 0.29) is 74.8 Å². The third kappa shape index (κ3) is 21.2. The molecular formula is C50H73N15O12S2. The van der Waals surface area contributed by atoms with E-state index in [1.165, 1.54) is 17.0 Å². The van der Waals surface area contributed by atoms with Crippen molar-refractivity contribution >= 4 is 98.2 Å². The topological polar surface area (TPSA) is 464 Å². The number of anilines is 1. The maximum Gasteiger partial charge on any atom is 0.246 e. The summed E-state index contributed by atoms with van der Waals surface area (Å²) in [5, 5.41) is 28.2. The van der Waals surface area contributed by atoms with Crippen LogP contribution in [0, 0.1) is 5.92 Å². The number of phenolic OH excluding ortho intramolecular Hbond substituents is 1. The van der Waals surface area contributed by atoms with Crippen LogP contribution in [0.3, 0.4) is 0 Å². The van der Waals surface area contributed by atoms with E-state index in [0.29, 0.717) is 29.7 Å². The van der Waals surface area contributed by atoms with Gasteiger partial charge in [0.1, 0.15) is 54.1 Å². The van der Waals surface area contributed by atoms with Crippen LogP contribution in [-0.2, 0) is 65.6 Å². The molecule has 2 aromatic carbocycles. The maximum atomic E-state index is 14.7. The van der Waals surface area contributed by atoms with Crippen LogP contribution >= 0.6 is 21.6 Å². The molecule has 432 valence electrons. The van der Waals surface area contributed by atoms with Crippen LogP contribution in [0.4, 0.5) is 5.69 Å². The summed E-state index contributed by atoms with van der Waals surface area (Å²) in [4.78, 5) is 155. The number of phenols is 1. The number of carbonyl (C=O) groups is 11. The smallest absolute Gasteiger partial charge is 0.246 e. The number of amides is 11. The quantitative estimate of drug-likeness (QED) is 0.0191. The Kier molecular flexibility index (Phi) is 25.4. The zero-order valence-corrected chi connectivity index (χ0v) is 45.7. The predicted octanol–water partition coefficient (Wildman–Crippen LogP) is -3.34. The molecule has 29 heteroatoms. The lowest BCUT2D eigenvalue weighted by Crippen LogP contribution is -2.61. The van der Waals surface area contributed by atoms with Gasteiger partial charge in [0.05, 0.1) is 6.42 Å². The molecule has 2 saturated heterocycles. The number of rotatable bonds is 21. The number of aromatic hydroxyl groups is 1. The molecule has 2 heterocycles. The zero-order chi connectivity index (χ0) is 58.3. The Hall–Kier alpha value is -7.82. The molecule has 0 bridgehead atoms. The largest absolute Gasteiger partial charge is 0.508 e. The highest BCUT2D eigenvalue weighted by Gasteiger charge is 2.41. The number of nitrogen functional groups attached to an aromatic ring is 1. The summed E-state index contributed by atoms with van der Waals surface area (Å²) in [5.41, 5.74) is 35.1. The standard InChI is InChI=1S/C50H73N15O12S2/c1-3-26(2)41-48(76)60-32(16-17-38(52)67)44(72)62-35(24-39(53)68)45(73)63-36(25-79-78-21-18-40(69)58-34(46(74)64-41)23-28-10-14-30(66)15-11-28)49(77)65-20-5-7-37(65)47(75)59-31(6-4-19-57-50(55)56)43(71)61-33(42(54)70)22-27-8-12-29(51)13-9-27/h8-15,26,31-37,41,66H,3-7,16-25,51H2,1-2H3,(H2,52,67)(H2,53,68)(H2,54,70)(H,58,69)(H,59,75)(H,60,76)(H,61,71)(H,62,72)(H,63,73)(H,64,74)(H4,55,56,57)/t26-,31-,32?,33-,34-,35-,36-,37-,41-/m0/s1. The van der Waals surface area contributed by atoms with Gasteiger partial charge in [-0.2, -0.15) is 0 Å². The van der Waals surface area contributed by atoms with Crippen LogP contribution in [-0.4, -0.2) is 154 Å². The first kappa shape index (κ1) is 63.7. The van der Waals surface area contributed by atoms with Crippen LogP contribution in [0.15, 0.2) is 53.5 Å². The molecule has 1 unspecified atom stereocenters. The molecule has 9 atom stereocenters. The minimum atomic E-state index is -1.77. The summed E-state index contributed by atoms with van der Waals surface area (Å²) in [5.74, 6) is -10.3. The summed E-state index contributed by atoms with van der Waals surface area (Å²) in [6, 6.07) is 1.35. The number of benzene rings is 2. The van der Waals surface area contributed by atoms with E-state index in [4.69, 9.17) is 34.4 Å². The fraction of sp³-hybridized carbons (Fsp3) is 0.520. The number of likely N-dealkylation sites (tertiary alicyclic amines) is 1. The van der Waals surface area contributed by atoms with E-state index in [1.54, 1.807) is 50.2 Å². The lowest BCUT2D eigenvalue weighted by Gasteiger charge is -2.31. The molecule has 11 amide bonds. The molecule has 0 saturated carbocycles. The second-order valence-corrected chi connectivity index (χ2v) is 21.8. The Morgan fingerprint density at radius 3 is 2.05 bits per heavy atom. The van der Waals surface area contributed by atoms with Crippen molar-refractivity contribution in [3.63, 3.8) is 0 Å². The Morgan fingerprint density at radius 1 is 0.772 bits per heavy atom. The Balaban J connectivity index is 1.67. The van der Waals surface area contributed by atoms with Gasteiger partial charge >= 0.3 is 0 Å². The van der Waals surface area contributed by atoms with Crippen molar-refractivity contribution in [2.24, 2.45) is 39.6 Å². The second-order valence-electron chi connectivity index (χ2n) is 19.2. The number of nitrogens with two attached hydrogens (primary N) is 6. The van der Waals surface area contributed by atoms with Gasteiger partial charge in [0.25, 0.3) is 0 Å². The van der Waals surface area contributed by atoms with Crippen LogP contribution < -0.4 is 71.6 Å². The van der Waals surface area contributed by atoms with Gasteiger partial charge in [-0.25, -0.2) is 0 Å². The molecule has 0 aliphatic carbocycles. The van der Waals surface area contributed by atoms with E-state index >= 15 is 0 Å². The second kappa shape index (κ2) is 31.5. The summed E-state index contributed by atoms with van der Waals surface area (Å²) in [6.07, 6.45) is -0.960. The van der Waals surface area contributed by atoms with Crippen LogP contribution in [0.2, 0.25) is 0 Å². The molecule has 0 spiro atoms.